The lowest BCUT2D eigenvalue weighted by atomic mass is 10.3. The molecule has 0 aromatic heterocycles. The minimum absolute atomic E-state index is 0.422. The van der Waals surface area contributed by atoms with E-state index in [1.165, 1.54) is 7.11 Å². The molecule has 11 heavy (non-hydrogen) atoms. The van der Waals surface area contributed by atoms with Crippen LogP contribution in [0.3, 0.4) is 0 Å². The second kappa shape index (κ2) is 3.22. The maximum absolute atomic E-state index is 8.37. The first-order valence-electron chi connectivity index (χ1n) is 2.96. The summed E-state index contributed by atoms with van der Waals surface area (Å²) < 4.78 is 4.88. The Bertz CT molecular complexity index is 306. The van der Waals surface area contributed by atoms with Crippen molar-refractivity contribution < 1.29 is 4.74 Å². The highest BCUT2D eigenvalue weighted by Gasteiger charge is 2.08. The molecule has 1 rings (SSSR count). The first-order valence-corrected chi connectivity index (χ1v) is 3.34. The third kappa shape index (κ3) is 1.60. The summed E-state index contributed by atoms with van der Waals surface area (Å²) in [6, 6.07) is 4.74. The fourth-order valence-electron chi connectivity index (χ4n) is 0.711. The largest absolute Gasteiger partial charge is 0.495 e. The smallest absolute Gasteiger partial charge is 0.388 e. The molecule has 0 aliphatic rings. The number of rotatable bonds is 1. The Morgan fingerprint density at radius 1 is 1.55 bits per heavy atom. The van der Waals surface area contributed by atoms with E-state index in [9.17, 15) is 0 Å². The standard InChI is InChI=1S/C7H6ClN2O/c1-11-7-4-5(10-9)2-3-6(7)8/h2-4H,1H3/q+1. The van der Waals surface area contributed by atoms with E-state index in [4.69, 9.17) is 21.7 Å². The highest BCUT2D eigenvalue weighted by molar-refractivity contribution is 6.32. The Morgan fingerprint density at radius 3 is 2.82 bits per heavy atom. The molecule has 0 fully saturated rings. The quantitative estimate of drug-likeness (QED) is 0.607. The number of halogens is 1. The Balaban J connectivity index is 3.15. The van der Waals surface area contributed by atoms with Crippen molar-refractivity contribution in [1.82, 2.24) is 0 Å². The summed E-state index contributed by atoms with van der Waals surface area (Å²) in [6.45, 7) is 0. The molecule has 0 saturated carbocycles. The molecule has 0 heterocycles. The fourth-order valence-corrected chi connectivity index (χ4v) is 0.905. The van der Waals surface area contributed by atoms with Crippen LogP contribution in [0.15, 0.2) is 18.2 Å². The number of methoxy groups -OCH3 is 1. The molecule has 0 bridgehead atoms. The van der Waals surface area contributed by atoms with Gasteiger partial charge in [0.15, 0.2) is 4.98 Å². The van der Waals surface area contributed by atoms with Gasteiger partial charge in [0.2, 0.25) is 5.39 Å². The highest BCUT2D eigenvalue weighted by Crippen LogP contribution is 2.28. The van der Waals surface area contributed by atoms with Crippen molar-refractivity contribution in [1.29, 1.82) is 5.39 Å². The number of nitrogens with zero attached hydrogens (tertiary/aromatic N) is 2. The zero-order chi connectivity index (χ0) is 8.27. The number of hydrogen-bond acceptors (Lipinski definition) is 2. The molecule has 0 atom stereocenters. The van der Waals surface area contributed by atoms with Crippen molar-refractivity contribution in [2.24, 2.45) is 0 Å². The molecule has 56 valence electrons. The first kappa shape index (κ1) is 7.83. The van der Waals surface area contributed by atoms with Crippen molar-refractivity contribution >= 4 is 17.3 Å². The van der Waals surface area contributed by atoms with Crippen LogP contribution < -0.4 is 4.74 Å². The van der Waals surface area contributed by atoms with Crippen molar-refractivity contribution in [2.75, 3.05) is 7.11 Å². The van der Waals surface area contributed by atoms with E-state index >= 15 is 0 Å². The van der Waals surface area contributed by atoms with Gasteiger partial charge in [-0.05, 0) is 6.07 Å². The van der Waals surface area contributed by atoms with E-state index < -0.39 is 0 Å². The van der Waals surface area contributed by atoms with Gasteiger partial charge in [-0.3, -0.25) is 0 Å². The molecule has 3 nitrogen and oxygen atoms in total. The SMILES string of the molecule is COc1cc([N+]#N)ccc1Cl. The van der Waals surface area contributed by atoms with E-state index in [0.717, 1.165) is 0 Å². The summed E-state index contributed by atoms with van der Waals surface area (Å²) in [6.07, 6.45) is 0. The number of ether oxygens (including phenoxy) is 1. The maximum Gasteiger partial charge on any atom is 0.388 e. The van der Waals surface area contributed by atoms with Crippen molar-refractivity contribution in [2.45, 2.75) is 0 Å². The third-order valence-corrected chi connectivity index (χ3v) is 1.56. The van der Waals surface area contributed by atoms with Crippen LogP contribution in [0.25, 0.3) is 4.98 Å². The van der Waals surface area contributed by atoms with Gasteiger partial charge in [-0.2, -0.15) is 0 Å². The van der Waals surface area contributed by atoms with Crippen LogP contribution in [-0.2, 0) is 0 Å². The van der Waals surface area contributed by atoms with Gasteiger partial charge in [-0.25, -0.2) is 0 Å². The van der Waals surface area contributed by atoms with Gasteiger partial charge in [0, 0.05) is 6.07 Å². The third-order valence-electron chi connectivity index (χ3n) is 1.25. The van der Waals surface area contributed by atoms with E-state index in [-0.39, 0.29) is 0 Å². The molecular weight excluding hydrogens is 164 g/mol. The average Bonchev–Trinajstić information content (AvgIpc) is 2.05. The maximum atomic E-state index is 8.37. The summed E-state index contributed by atoms with van der Waals surface area (Å²) >= 11 is 5.71. The molecule has 0 amide bonds. The average molecular weight is 170 g/mol. The molecule has 0 aliphatic heterocycles. The molecule has 0 unspecified atom stereocenters. The van der Waals surface area contributed by atoms with Crippen LogP contribution in [0, 0.1) is 5.39 Å². The lowest BCUT2D eigenvalue weighted by molar-refractivity contribution is 0.415. The van der Waals surface area contributed by atoms with Crippen molar-refractivity contribution in [3.63, 3.8) is 0 Å². The molecule has 0 N–H and O–H groups in total. The molecular formula is C7H6ClN2O+. The van der Waals surface area contributed by atoms with E-state index in [0.29, 0.717) is 16.5 Å². The van der Waals surface area contributed by atoms with Crippen molar-refractivity contribution in [3.05, 3.63) is 28.2 Å². The van der Waals surface area contributed by atoms with Gasteiger partial charge in [0.1, 0.15) is 5.75 Å². The second-order valence-corrected chi connectivity index (χ2v) is 2.33. The zero-order valence-electron chi connectivity index (χ0n) is 5.91. The monoisotopic (exact) mass is 169 g/mol. The van der Waals surface area contributed by atoms with Crippen LogP contribution in [0.4, 0.5) is 5.69 Å². The molecule has 0 radical (unpaired) electrons. The summed E-state index contributed by atoms with van der Waals surface area (Å²) in [5.74, 6) is 0.502. The Kier molecular flexibility index (Phi) is 2.29. The van der Waals surface area contributed by atoms with E-state index in [1.54, 1.807) is 18.2 Å². The predicted molar refractivity (Wildman–Crippen MR) is 42.7 cm³/mol. The number of hydrogen-bond donors (Lipinski definition) is 0. The van der Waals surface area contributed by atoms with Gasteiger partial charge in [-0.15, -0.1) is 0 Å². The van der Waals surface area contributed by atoms with Crippen LogP contribution in [0.5, 0.6) is 5.75 Å². The van der Waals surface area contributed by atoms with Gasteiger partial charge >= 0.3 is 5.69 Å². The highest BCUT2D eigenvalue weighted by atomic mass is 35.5. The molecule has 1 aromatic rings. The Labute approximate surface area is 69.2 Å². The molecule has 0 aliphatic carbocycles. The minimum Gasteiger partial charge on any atom is -0.495 e. The minimum atomic E-state index is 0.422. The number of diazo groups is 1. The zero-order valence-corrected chi connectivity index (χ0v) is 6.67. The molecule has 4 heteroatoms. The van der Waals surface area contributed by atoms with E-state index in [1.807, 2.05) is 0 Å². The van der Waals surface area contributed by atoms with Crippen LogP contribution in [0.1, 0.15) is 0 Å². The van der Waals surface area contributed by atoms with E-state index in [2.05, 4.69) is 4.98 Å². The Morgan fingerprint density at radius 2 is 2.27 bits per heavy atom. The number of benzene rings is 1. The topological polar surface area (TPSA) is 37.4 Å². The van der Waals surface area contributed by atoms with Gasteiger partial charge in [-0.1, -0.05) is 11.6 Å². The molecule has 0 spiro atoms. The Hall–Kier alpha value is -1.27. The van der Waals surface area contributed by atoms with Crippen LogP contribution >= 0.6 is 11.6 Å². The predicted octanol–water partition coefficient (Wildman–Crippen LogP) is 2.83. The molecule has 1 aromatic carbocycles. The fraction of sp³-hybridized carbons (Fsp3) is 0.143. The first-order chi connectivity index (χ1) is 5.27. The summed E-state index contributed by atoms with van der Waals surface area (Å²) in [5.41, 5.74) is 0.422. The lowest BCUT2D eigenvalue weighted by Gasteiger charge is -1.97. The summed E-state index contributed by atoms with van der Waals surface area (Å²) in [4.78, 5) is 2.98. The van der Waals surface area contributed by atoms with Gasteiger partial charge in [0.05, 0.1) is 18.2 Å². The van der Waals surface area contributed by atoms with Gasteiger partial charge in [0.25, 0.3) is 0 Å². The second-order valence-electron chi connectivity index (χ2n) is 1.92. The van der Waals surface area contributed by atoms with Crippen molar-refractivity contribution in [3.8, 4) is 5.75 Å². The van der Waals surface area contributed by atoms with Crippen LogP contribution in [-0.4, -0.2) is 7.11 Å². The lowest BCUT2D eigenvalue weighted by Crippen LogP contribution is -1.81. The molecule has 0 saturated heterocycles. The van der Waals surface area contributed by atoms with Crippen LogP contribution in [0.2, 0.25) is 5.02 Å². The van der Waals surface area contributed by atoms with Gasteiger partial charge < -0.3 is 4.74 Å². The normalized spacial score (nSPS) is 8.82. The summed E-state index contributed by atoms with van der Waals surface area (Å²) in [5, 5.41) is 8.87. The summed E-state index contributed by atoms with van der Waals surface area (Å²) in [7, 11) is 1.50.